The van der Waals surface area contributed by atoms with Crippen LogP contribution in [0.25, 0.3) is 11.3 Å². The van der Waals surface area contributed by atoms with Gasteiger partial charge in [-0.05, 0) is 49.9 Å². The second-order valence-electron chi connectivity index (χ2n) is 8.67. The second kappa shape index (κ2) is 7.53. The highest BCUT2D eigenvalue weighted by molar-refractivity contribution is 6.00. The molecule has 4 rings (SSSR count). The van der Waals surface area contributed by atoms with E-state index in [9.17, 15) is 10.1 Å². The SMILES string of the molecule is CCOc1ccccc1-c1ccc([C@H]2C(C#N)=C(C)NC3=C2C(=O)CC(C)(C)C3)o1. The summed E-state index contributed by atoms with van der Waals surface area (Å²) in [5.41, 5.74) is 3.62. The Morgan fingerprint density at radius 2 is 2.00 bits per heavy atom. The lowest BCUT2D eigenvalue weighted by Gasteiger charge is -2.38. The number of rotatable bonds is 4. The van der Waals surface area contributed by atoms with E-state index in [4.69, 9.17) is 9.15 Å². The molecular formula is C25H26N2O3. The van der Waals surface area contributed by atoms with E-state index in [2.05, 4.69) is 25.2 Å². The van der Waals surface area contributed by atoms with E-state index < -0.39 is 5.92 Å². The van der Waals surface area contributed by atoms with Crippen LogP contribution in [0.4, 0.5) is 0 Å². The van der Waals surface area contributed by atoms with Crippen molar-refractivity contribution >= 4 is 5.78 Å². The minimum Gasteiger partial charge on any atom is -0.493 e. The Bertz CT molecular complexity index is 1110. The van der Waals surface area contributed by atoms with Gasteiger partial charge < -0.3 is 14.5 Å². The highest BCUT2D eigenvalue weighted by atomic mass is 16.5. The van der Waals surface area contributed by atoms with E-state index >= 15 is 0 Å². The number of ketones is 1. The normalized spacial score (nSPS) is 20.5. The van der Waals surface area contributed by atoms with Gasteiger partial charge in [-0.1, -0.05) is 26.0 Å². The summed E-state index contributed by atoms with van der Waals surface area (Å²) in [6.07, 6.45) is 1.23. The Morgan fingerprint density at radius 3 is 2.73 bits per heavy atom. The predicted molar refractivity (Wildman–Crippen MR) is 115 cm³/mol. The predicted octanol–water partition coefficient (Wildman–Crippen LogP) is 5.47. The Labute approximate surface area is 177 Å². The summed E-state index contributed by atoms with van der Waals surface area (Å²) in [6.45, 7) is 8.58. The Hall–Kier alpha value is -3.26. The van der Waals surface area contributed by atoms with Crippen LogP contribution in [0.2, 0.25) is 0 Å². The first-order valence-corrected chi connectivity index (χ1v) is 10.3. The number of hydrogen-bond donors (Lipinski definition) is 1. The third kappa shape index (κ3) is 3.43. The van der Waals surface area contributed by atoms with Crippen LogP contribution < -0.4 is 10.1 Å². The minimum absolute atomic E-state index is 0.0756. The molecule has 5 heteroatoms. The van der Waals surface area contributed by atoms with Crippen molar-refractivity contribution in [3.05, 3.63) is 64.7 Å². The zero-order chi connectivity index (χ0) is 21.5. The van der Waals surface area contributed by atoms with Crippen LogP contribution in [-0.2, 0) is 4.79 Å². The molecule has 0 bridgehead atoms. The number of furan rings is 1. The quantitative estimate of drug-likeness (QED) is 0.734. The molecule has 154 valence electrons. The van der Waals surface area contributed by atoms with Gasteiger partial charge in [-0.15, -0.1) is 0 Å². The molecule has 0 amide bonds. The van der Waals surface area contributed by atoms with Crippen LogP contribution in [-0.4, -0.2) is 12.4 Å². The van der Waals surface area contributed by atoms with Crippen LogP contribution in [0.3, 0.4) is 0 Å². The number of nitriles is 1. The van der Waals surface area contributed by atoms with Crippen LogP contribution in [0.5, 0.6) is 5.75 Å². The first-order valence-electron chi connectivity index (χ1n) is 10.3. The average Bonchev–Trinajstić information content (AvgIpc) is 3.16. The standard InChI is InChI=1S/C25H26N2O3/c1-5-29-20-9-7-6-8-16(20)21-10-11-22(30-21)23-17(14-26)15(2)27-18-12-25(3,4)13-19(28)24(18)23/h6-11,23,27H,5,12-13H2,1-4H3/t23-/m1/s1. The number of nitrogens with zero attached hydrogens (tertiary/aromatic N) is 1. The van der Waals surface area contributed by atoms with Crippen molar-refractivity contribution in [3.63, 3.8) is 0 Å². The van der Waals surface area contributed by atoms with Gasteiger partial charge in [0.2, 0.25) is 0 Å². The lowest BCUT2D eigenvalue weighted by Crippen LogP contribution is -2.36. The second-order valence-corrected chi connectivity index (χ2v) is 8.67. The molecule has 0 spiro atoms. The Balaban J connectivity index is 1.81. The maximum atomic E-state index is 13.1. The van der Waals surface area contributed by atoms with Gasteiger partial charge in [0.1, 0.15) is 17.3 Å². The number of para-hydroxylation sites is 1. The van der Waals surface area contributed by atoms with Crippen LogP contribution in [0.1, 0.15) is 52.2 Å². The number of carbonyl (C=O) groups is 1. The molecule has 1 aliphatic heterocycles. The number of hydrogen-bond acceptors (Lipinski definition) is 5. The fourth-order valence-electron chi connectivity index (χ4n) is 4.47. The van der Waals surface area contributed by atoms with Crippen molar-refractivity contribution in [1.82, 2.24) is 5.32 Å². The van der Waals surface area contributed by atoms with Crippen LogP contribution in [0.15, 0.2) is 63.4 Å². The molecule has 1 aromatic carbocycles. The summed E-state index contributed by atoms with van der Waals surface area (Å²) in [5, 5.41) is 13.2. The van der Waals surface area contributed by atoms with Gasteiger partial charge in [0.25, 0.3) is 0 Å². The summed E-state index contributed by atoms with van der Waals surface area (Å²) >= 11 is 0. The number of nitrogens with one attached hydrogen (secondary N) is 1. The van der Waals surface area contributed by atoms with Gasteiger partial charge in [0, 0.05) is 23.4 Å². The van der Waals surface area contributed by atoms with Gasteiger partial charge >= 0.3 is 0 Å². The van der Waals surface area contributed by atoms with Crippen molar-refractivity contribution in [1.29, 1.82) is 5.26 Å². The van der Waals surface area contributed by atoms with E-state index in [0.717, 1.165) is 29.1 Å². The zero-order valence-electron chi connectivity index (χ0n) is 17.8. The number of benzene rings is 1. The zero-order valence-corrected chi connectivity index (χ0v) is 17.8. The minimum atomic E-state index is -0.483. The summed E-state index contributed by atoms with van der Waals surface area (Å²) in [6, 6.07) is 13.8. The molecule has 1 atom stereocenters. The highest BCUT2D eigenvalue weighted by Crippen LogP contribution is 2.47. The lowest BCUT2D eigenvalue weighted by molar-refractivity contribution is -0.118. The van der Waals surface area contributed by atoms with E-state index in [0.29, 0.717) is 35.7 Å². The fraction of sp³-hybridized carbons (Fsp3) is 0.360. The molecule has 30 heavy (non-hydrogen) atoms. The molecule has 2 aromatic rings. The summed E-state index contributed by atoms with van der Waals surface area (Å²) in [5.74, 6) is 1.60. The molecule has 1 aliphatic carbocycles. The van der Waals surface area contributed by atoms with E-state index in [-0.39, 0.29) is 11.2 Å². The smallest absolute Gasteiger partial charge is 0.162 e. The van der Waals surface area contributed by atoms with E-state index in [1.165, 1.54) is 0 Å². The Kier molecular flexibility index (Phi) is 5.03. The van der Waals surface area contributed by atoms with Crippen molar-refractivity contribution in [2.45, 2.75) is 46.5 Å². The molecule has 0 unspecified atom stereocenters. The third-order valence-electron chi connectivity index (χ3n) is 5.72. The molecule has 5 nitrogen and oxygen atoms in total. The van der Waals surface area contributed by atoms with E-state index in [1.807, 2.05) is 50.2 Å². The lowest BCUT2D eigenvalue weighted by atomic mass is 9.70. The van der Waals surface area contributed by atoms with E-state index in [1.54, 1.807) is 0 Å². The van der Waals surface area contributed by atoms with Gasteiger partial charge in [-0.2, -0.15) is 5.26 Å². The molecule has 1 aromatic heterocycles. The average molecular weight is 402 g/mol. The molecule has 0 fully saturated rings. The number of dihydropyridines is 1. The molecule has 1 N–H and O–H groups in total. The number of carbonyl (C=O) groups excluding carboxylic acids is 1. The Morgan fingerprint density at radius 1 is 1.23 bits per heavy atom. The van der Waals surface area contributed by atoms with Gasteiger partial charge in [-0.25, -0.2) is 0 Å². The molecular weight excluding hydrogens is 376 g/mol. The summed E-state index contributed by atoms with van der Waals surface area (Å²) < 4.78 is 12.0. The summed E-state index contributed by atoms with van der Waals surface area (Å²) in [4.78, 5) is 13.1. The van der Waals surface area contributed by atoms with Gasteiger partial charge in [0.15, 0.2) is 5.78 Å². The summed E-state index contributed by atoms with van der Waals surface area (Å²) in [7, 11) is 0. The van der Waals surface area contributed by atoms with Gasteiger partial charge in [0.05, 0.1) is 29.7 Å². The molecule has 0 saturated carbocycles. The first-order chi connectivity index (χ1) is 14.3. The molecule has 2 aliphatic rings. The number of ether oxygens (including phenoxy) is 1. The molecule has 2 heterocycles. The first kappa shape index (κ1) is 20.0. The number of allylic oxidation sites excluding steroid dienone is 4. The fourth-order valence-corrected chi connectivity index (χ4v) is 4.47. The van der Waals surface area contributed by atoms with Crippen molar-refractivity contribution < 1.29 is 13.9 Å². The maximum absolute atomic E-state index is 13.1. The highest BCUT2D eigenvalue weighted by Gasteiger charge is 2.42. The monoisotopic (exact) mass is 402 g/mol. The van der Waals surface area contributed by atoms with Gasteiger partial charge in [-0.3, -0.25) is 4.79 Å². The van der Waals surface area contributed by atoms with Crippen molar-refractivity contribution in [3.8, 4) is 23.1 Å². The van der Waals surface area contributed by atoms with Crippen molar-refractivity contribution in [2.24, 2.45) is 5.41 Å². The maximum Gasteiger partial charge on any atom is 0.162 e. The number of Topliss-reactive ketones (excluding diaryl/α,β-unsaturated/α-hetero) is 1. The molecule has 0 saturated heterocycles. The van der Waals surface area contributed by atoms with Crippen molar-refractivity contribution in [2.75, 3.05) is 6.61 Å². The molecule has 0 radical (unpaired) electrons. The van der Waals surface area contributed by atoms with Crippen LogP contribution >= 0.6 is 0 Å². The third-order valence-corrected chi connectivity index (χ3v) is 5.72. The largest absolute Gasteiger partial charge is 0.493 e. The van der Waals surface area contributed by atoms with Crippen LogP contribution in [0, 0.1) is 16.7 Å². The topological polar surface area (TPSA) is 75.3 Å².